The molecule has 25 heavy (non-hydrogen) atoms. The van der Waals surface area contributed by atoms with Crippen LogP contribution in [0.2, 0.25) is 0 Å². The molecule has 0 unspecified atom stereocenters. The van der Waals surface area contributed by atoms with Crippen molar-refractivity contribution in [2.45, 2.75) is 58.2 Å². The van der Waals surface area contributed by atoms with E-state index in [1.54, 1.807) is 0 Å². The highest BCUT2D eigenvalue weighted by Crippen LogP contribution is 2.44. The molecular weight excluding hydrogens is 340 g/mol. The highest BCUT2D eigenvalue weighted by Gasteiger charge is 2.57. The maximum Gasteiger partial charge on any atom is 0.312 e. The summed E-state index contributed by atoms with van der Waals surface area (Å²) in [6.45, 7) is 10.4. The minimum atomic E-state index is -0.846. The van der Waals surface area contributed by atoms with Crippen molar-refractivity contribution < 1.29 is 14.7 Å². The molecule has 1 aliphatic heterocycles. The number of carbonyl (C=O) groups excluding carboxylic acids is 1. The predicted octanol–water partition coefficient (Wildman–Crippen LogP) is 3.70. The Morgan fingerprint density at radius 1 is 1.24 bits per heavy atom. The van der Waals surface area contributed by atoms with Crippen LogP contribution < -0.4 is 4.90 Å². The standard InChI is InChI=1S/C19H29N2O3.ClH/c1-7-20(14-11-9-8-10-12-14)15-13-18(2,3)21(23)19(4,5)16(15)17(22)24-6;/h8-12,15-16H,7,13H2,1-6H3;1H/t15-,16+;/m0./s1. The van der Waals surface area contributed by atoms with Gasteiger partial charge in [-0.25, -0.2) is 0 Å². The van der Waals surface area contributed by atoms with Crippen molar-refractivity contribution in [2.75, 3.05) is 18.6 Å². The van der Waals surface area contributed by atoms with Crippen molar-refractivity contribution in [1.82, 2.24) is 5.06 Å². The smallest absolute Gasteiger partial charge is 0.312 e. The van der Waals surface area contributed by atoms with Crippen LogP contribution in [-0.4, -0.2) is 41.8 Å². The zero-order valence-corrected chi connectivity index (χ0v) is 16.8. The van der Waals surface area contributed by atoms with Crippen LogP contribution in [0.1, 0.15) is 41.0 Å². The Morgan fingerprint density at radius 2 is 1.80 bits per heavy atom. The summed E-state index contributed by atoms with van der Waals surface area (Å²) in [5, 5.41) is 14.0. The van der Waals surface area contributed by atoms with Gasteiger partial charge in [0.05, 0.1) is 18.6 Å². The van der Waals surface area contributed by atoms with E-state index >= 15 is 0 Å². The molecular formula is C19H30ClN2O3. The zero-order valence-electron chi connectivity index (χ0n) is 16.0. The van der Waals surface area contributed by atoms with Crippen LogP contribution in [0.15, 0.2) is 30.3 Å². The first kappa shape index (κ1) is 21.7. The van der Waals surface area contributed by atoms with Crippen molar-refractivity contribution in [2.24, 2.45) is 5.92 Å². The highest BCUT2D eigenvalue weighted by atomic mass is 35.5. The third kappa shape index (κ3) is 3.94. The van der Waals surface area contributed by atoms with Crippen molar-refractivity contribution in [3.05, 3.63) is 30.3 Å². The van der Waals surface area contributed by atoms with Crippen LogP contribution >= 0.6 is 12.4 Å². The number of esters is 1. The average molecular weight is 370 g/mol. The molecule has 2 atom stereocenters. The molecule has 141 valence electrons. The number of piperidine rings is 1. The lowest BCUT2D eigenvalue weighted by molar-refractivity contribution is -0.302. The second-order valence-electron chi connectivity index (χ2n) is 7.65. The third-order valence-electron chi connectivity index (χ3n) is 5.21. The Labute approximate surface area is 157 Å². The average Bonchev–Trinajstić information content (AvgIpc) is 2.54. The van der Waals surface area contributed by atoms with E-state index in [4.69, 9.17) is 4.74 Å². The fourth-order valence-electron chi connectivity index (χ4n) is 4.18. The third-order valence-corrected chi connectivity index (χ3v) is 5.21. The van der Waals surface area contributed by atoms with Gasteiger partial charge < -0.3 is 9.64 Å². The van der Waals surface area contributed by atoms with Gasteiger partial charge in [0.1, 0.15) is 0 Å². The van der Waals surface area contributed by atoms with E-state index in [-0.39, 0.29) is 24.4 Å². The SMILES string of the molecule is CCN(c1ccccc1)[C@H]1CC(C)(C)N([O])C(C)(C)[C@H]1C(=O)OC.Cl. The minimum absolute atomic E-state index is 0. The Morgan fingerprint density at radius 3 is 2.28 bits per heavy atom. The monoisotopic (exact) mass is 369 g/mol. The van der Waals surface area contributed by atoms with Gasteiger partial charge in [-0.15, -0.1) is 22.7 Å². The summed E-state index contributed by atoms with van der Waals surface area (Å²) in [5.41, 5.74) is -0.340. The first-order valence-corrected chi connectivity index (χ1v) is 8.53. The van der Waals surface area contributed by atoms with Gasteiger partial charge in [-0.1, -0.05) is 18.2 Å². The van der Waals surface area contributed by atoms with Crippen molar-refractivity contribution in [3.63, 3.8) is 0 Å². The Balaban J connectivity index is 0.00000312. The number of hydroxylamine groups is 2. The Hall–Kier alpha value is -1.30. The molecule has 0 N–H and O–H groups in total. The summed E-state index contributed by atoms with van der Waals surface area (Å²) in [4.78, 5) is 14.8. The van der Waals surface area contributed by atoms with Gasteiger partial charge in [0.15, 0.2) is 0 Å². The molecule has 2 rings (SSSR count). The second kappa shape index (κ2) is 7.94. The number of carbonyl (C=O) groups is 1. The summed E-state index contributed by atoms with van der Waals surface area (Å²) in [7, 11) is 1.39. The maximum atomic E-state index is 12.9. The number of hydrogen-bond donors (Lipinski definition) is 0. The molecule has 6 heteroatoms. The number of nitrogens with zero attached hydrogens (tertiary/aromatic N) is 2. The summed E-state index contributed by atoms with van der Waals surface area (Å²) in [5.74, 6) is -0.844. The number of hydrogen-bond acceptors (Lipinski definition) is 4. The molecule has 0 amide bonds. The Bertz CT molecular complexity index is 577. The molecule has 0 spiro atoms. The van der Waals surface area contributed by atoms with Gasteiger partial charge >= 0.3 is 5.97 Å². The van der Waals surface area contributed by atoms with Crippen LogP contribution in [0.25, 0.3) is 0 Å². The molecule has 0 bridgehead atoms. The molecule has 1 aromatic carbocycles. The van der Waals surface area contributed by atoms with Gasteiger partial charge in [0.25, 0.3) is 0 Å². The van der Waals surface area contributed by atoms with Gasteiger partial charge in [-0.3, -0.25) is 4.79 Å². The van der Waals surface area contributed by atoms with Crippen molar-refractivity contribution in [1.29, 1.82) is 0 Å². The molecule has 0 aliphatic carbocycles. The van der Waals surface area contributed by atoms with E-state index in [2.05, 4.69) is 11.8 Å². The van der Waals surface area contributed by atoms with Crippen molar-refractivity contribution in [3.8, 4) is 0 Å². The predicted molar refractivity (Wildman–Crippen MR) is 101 cm³/mol. The van der Waals surface area contributed by atoms with Crippen LogP contribution in [-0.2, 0) is 14.7 Å². The molecule has 5 nitrogen and oxygen atoms in total. The number of anilines is 1. The van der Waals surface area contributed by atoms with Crippen LogP contribution in [0.3, 0.4) is 0 Å². The number of halogens is 1. The number of para-hydroxylation sites is 1. The number of rotatable bonds is 4. The van der Waals surface area contributed by atoms with Crippen LogP contribution in [0.4, 0.5) is 5.69 Å². The van der Waals surface area contributed by atoms with E-state index in [9.17, 15) is 10.0 Å². The van der Waals surface area contributed by atoms with Crippen LogP contribution in [0.5, 0.6) is 0 Å². The van der Waals surface area contributed by atoms with Crippen LogP contribution in [0, 0.1) is 5.92 Å². The molecule has 0 aromatic heterocycles. The van der Waals surface area contributed by atoms with Crippen molar-refractivity contribution >= 4 is 24.1 Å². The fourth-order valence-corrected chi connectivity index (χ4v) is 4.18. The number of benzene rings is 1. The van der Waals surface area contributed by atoms with E-state index in [0.717, 1.165) is 17.3 Å². The molecule has 0 saturated carbocycles. The molecule has 1 saturated heterocycles. The largest absolute Gasteiger partial charge is 0.469 e. The summed E-state index contributed by atoms with van der Waals surface area (Å²) >= 11 is 0. The maximum absolute atomic E-state index is 12.9. The summed E-state index contributed by atoms with van der Waals surface area (Å²) < 4.78 is 5.07. The number of ether oxygens (including phenoxy) is 1. The quantitative estimate of drug-likeness (QED) is 0.759. The van der Waals surface area contributed by atoms with E-state index < -0.39 is 17.0 Å². The van der Waals surface area contributed by atoms with E-state index in [1.807, 2.05) is 58.0 Å². The molecule has 1 aromatic rings. The number of methoxy groups -OCH3 is 1. The molecule has 1 fully saturated rings. The first-order chi connectivity index (χ1) is 11.2. The van der Waals surface area contributed by atoms with E-state index in [1.165, 1.54) is 7.11 Å². The van der Waals surface area contributed by atoms with E-state index in [0.29, 0.717) is 6.42 Å². The fraction of sp³-hybridized carbons (Fsp3) is 0.632. The zero-order chi connectivity index (χ0) is 18.1. The highest BCUT2D eigenvalue weighted by molar-refractivity contribution is 5.85. The summed E-state index contributed by atoms with van der Waals surface area (Å²) in [6, 6.07) is 9.94. The lowest BCUT2D eigenvalue weighted by Crippen LogP contribution is -2.69. The molecule has 1 radical (unpaired) electrons. The van der Waals surface area contributed by atoms with Gasteiger partial charge in [0.2, 0.25) is 0 Å². The van der Waals surface area contributed by atoms with Gasteiger partial charge in [-0.05, 0) is 53.2 Å². The molecule has 1 aliphatic rings. The lowest BCUT2D eigenvalue weighted by atomic mass is 9.70. The van der Waals surface area contributed by atoms with Gasteiger partial charge in [0, 0.05) is 23.8 Å². The molecule has 1 heterocycles. The minimum Gasteiger partial charge on any atom is -0.469 e. The Kier molecular flexibility index (Phi) is 6.90. The lowest BCUT2D eigenvalue weighted by Gasteiger charge is -2.56. The van der Waals surface area contributed by atoms with Gasteiger partial charge in [-0.2, -0.15) is 0 Å². The topological polar surface area (TPSA) is 52.7 Å². The second-order valence-corrected chi connectivity index (χ2v) is 7.65. The summed E-state index contributed by atoms with van der Waals surface area (Å²) in [6.07, 6.45) is 0.600. The first-order valence-electron chi connectivity index (χ1n) is 8.53. The normalized spacial score (nSPS) is 24.9.